The fraction of sp³-hybridized carbons (Fsp3) is 0.157. The monoisotopic (exact) mass is 1020 g/mol. The first-order chi connectivity index (χ1) is 33.9. The second kappa shape index (κ2) is 21.7. The summed E-state index contributed by atoms with van der Waals surface area (Å²) in [5.41, 5.74) is 4.00. The number of nitrogens with zero attached hydrogens (tertiary/aromatic N) is 2. The SMILES string of the molecule is COc1cc2nccc(Oc3ccc(NS(=O)(=O)c4cc(C)c(NC(C)=O)c(C)c4)cc3)c2cc1OC.COc1ccc(S(=O)(=O)Nc2ccc(Oc3ccnc4cc(OC)c(OC)cc34)cc2)cc1Cl. The number of rotatable bonds is 16. The predicted molar refractivity (Wildman–Crippen MR) is 273 cm³/mol. The summed E-state index contributed by atoms with van der Waals surface area (Å²) >= 11 is 6.06. The third-order valence-corrected chi connectivity index (χ3v) is 13.7. The fourth-order valence-corrected chi connectivity index (χ4v) is 9.84. The van der Waals surface area contributed by atoms with Crippen LogP contribution in [-0.2, 0) is 24.8 Å². The van der Waals surface area contributed by atoms with Crippen molar-refractivity contribution in [1.82, 2.24) is 9.97 Å². The van der Waals surface area contributed by atoms with Crippen molar-refractivity contribution in [2.45, 2.75) is 30.6 Å². The van der Waals surface area contributed by atoms with Crippen molar-refractivity contribution >= 4 is 76.4 Å². The number of carbonyl (C=O) groups is 1. The van der Waals surface area contributed by atoms with Gasteiger partial charge in [-0.25, -0.2) is 16.8 Å². The van der Waals surface area contributed by atoms with Crippen LogP contribution in [0.4, 0.5) is 17.1 Å². The molecule has 2 heterocycles. The molecule has 8 aromatic rings. The van der Waals surface area contributed by atoms with Gasteiger partial charge in [0, 0.05) is 59.3 Å². The minimum Gasteiger partial charge on any atom is -0.495 e. The van der Waals surface area contributed by atoms with Crippen LogP contribution in [0.15, 0.2) is 137 Å². The average molecular weight is 1020 g/mol. The lowest BCUT2D eigenvalue weighted by molar-refractivity contribution is -0.114. The van der Waals surface area contributed by atoms with E-state index in [-0.39, 0.29) is 20.7 Å². The molecule has 0 aliphatic heterocycles. The number of halogens is 1. The summed E-state index contributed by atoms with van der Waals surface area (Å²) in [5, 5.41) is 4.41. The molecule has 0 bridgehead atoms. The molecule has 0 atom stereocenters. The number of aryl methyl sites for hydroxylation is 2. The van der Waals surface area contributed by atoms with Gasteiger partial charge in [-0.15, -0.1) is 0 Å². The summed E-state index contributed by atoms with van der Waals surface area (Å²) in [6, 6.07) is 31.0. The van der Waals surface area contributed by atoms with Crippen molar-refractivity contribution in [2.24, 2.45) is 0 Å². The van der Waals surface area contributed by atoms with Crippen LogP contribution >= 0.6 is 11.6 Å². The molecule has 8 rings (SSSR count). The van der Waals surface area contributed by atoms with Gasteiger partial charge in [-0.3, -0.25) is 24.2 Å². The number of benzene rings is 6. The van der Waals surface area contributed by atoms with Crippen LogP contribution in [0.1, 0.15) is 18.1 Å². The molecule has 71 heavy (non-hydrogen) atoms. The molecule has 0 saturated heterocycles. The molecule has 0 radical (unpaired) electrons. The van der Waals surface area contributed by atoms with Crippen LogP contribution < -0.4 is 47.9 Å². The van der Waals surface area contributed by atoms with Crippen LogP contribution in [-0.4, -0.2) is 68.3 Å². The van der Waals surface area contributed by atoms with Crippen LogP contribution in [0.2, 0.25) is 5.02 Å². The van der Waals surface area contributed by atoms with E-state index < -0.39 is 20.0 Å². The number of fused-ring (bicyclic) bond motifs is 2. The Kier molecular flexibility index (Phi) is 15.6. The average Bonchev–Trinajstić information content (AvgIpc) is 3.35. The van der Waals surface area contributed by atoms with Crippen molar-refractivity contribution < 1.29 is 54.8 Å². The van der Waals surface area contributed by atoms with Gasteiger partial charge in [-0.05, 0) is 128 Å². The number of hydrogen-bond donors (Lipinski definition) is 3. The normalized spacial score (nSPS) is 11.2. The molecule has 6 aromatic carbocycles. The standard InChI is InChI=1S/C27H27N3O6S.C24H21ClN2O6S/c1-16-12-21(13-17(2)27(16)29-18(3)31)37(32,33)30-19-6-8-20(9-7-19)36-24-10-11-28-23-15-26(35-5)25(34-4)14-22(23)24;1-30-22-9-8-17(12-19(22)25)34(28,29)27-15-4-6-16(7-5-15)33-21-10-11-26-20-14-24(32-3)23(31-2)13-18(20)21/h6-15,30H,1-5H3,(H,29,31);4-14,27H,1-3H3. The second-order valence-electron chi connectivity index (χ2n) is 15.4. The Morgan fingerprint density at radius 3 is 1.30 bits per heavy atom. The fourth-order valence-electron chi connectivity index (χ4n) is 7.20. The van der Waals surface area contributed by atoms with Gasteiger partial charge >= 0.3 is 0 Å². The van der Waals surface area contributed by atoms with Gasteiger partial charge in [-0.2, -0.15) is 0 Å². The van der Waals surface area contributed by atoms with Crippen molar-refractivity contribution in [3.8, 4) is 51.7 Å². The molecule has 368 valence electrons. The number of hydrogen-bond acceptors (Lipinski definition) is 14. The molecule has 0 saturated carbocycles. The minimum absolute atomic E-state index is 0.0197. The molecular weight excluding hydrogens is 974 g/mol. The second-order valence-corrected chi connectivity index (χ2v) is 19.2. The quantitative estimate of drug-likeness (QED) is 0.0822. The molecule has 0 aliphatic carbocycles. The van der Waals surface area contributed by atoms with E-state index >= 15 is 0 Å². The van der Waals surface area contributed by atoms with Gasteiger partial charge in [0.25, 0.3) is 20.0 Å². The summed E-state index contributed by atoms with van der Waals surface area (Å²) in [5.74, 6) is 4.54. The van der Waals surface area contributed by atoms with E-state index in [1.165, 1.54) is 44.4 Å². The lowest BCUT2D eigenvalue weighted by atomic mass is 10.1. The summed E-state index contributed by atoms with van der Waals surface area (Å²) in [4.78, 5) is 20.3. The highest BCUT2D eigenvalue weighted by Crippen LogP contribution is 2.39. The first kappa shape index (κ1) is 50.9. The molecule has 2 aromatic heterocycles. The maximum Gasteiger partial charge on any atom is 0.261 e. The van der Waals surface area contributed by atoms with Crippen LogP contribution in [0.5, 0.6) is 51.7 Å². The third kappa shape index (κ3) is 11.9. The first-order valence-electron chi connectivity index (χ1n) is 21.3. The number of carbonyl (C=O) groups excluding carboxylic acids is 1. The van der Waals surface area contributed by atoms with E-state index in [2.05, 4.69) is 24.7 Å². The van der Waals surface area contributed by atoms with E-state index in [4.69, 9.17) is 44.8 Å². The highest BCUT2D eigenvalue weighted by molar-refractivity contribution is 7.93. The van der Waals surface area contributed by atoms with Crippen LogP contribution in [0.25, 0.3) is 21.8 Å². The maximum atomic E-state index is 13.0. The molecule has 1 amide bonds. The Bertz CT molecular complexity index is 3470. The molecule has 0 spiro atoms. The van der Waals surface area contributed by atoms with Crippen molar-refractivity contribution in [3.05, 3.63) is 144 Å². The highest BCUT2D eigenvalue weighted by Gasteiger charge is 2.20. The van der Waals surface area contributed by atoms with Crippen molar-refractivity contribution in [1.29, 1.82) is 0 Å². The van der Waals surface area contributed by atoms with Crippen molar-refractivity contribution in [3.63, 3.8) is 0 Å². The highest BCUT2D eigenvalue weighted by atomic mass is 35.5. The summed E-state index contributed by atoms with van der Waals surface area (Å²) in [6.45, 7) is 4.90. The Labute approximate surface area is 415 Å². The number of sulfonamides is 2. The van der Waals surface area contributed by atoms with Gasteiger partial charge in [0.15, 0.2) is 23.0 Å². The zero-order valence-corrected chi connectivity index (χ0v) is 42.0. The number of methoxy groups -OCH3 is 5. The number of amides is 1. The molecule has 0 aliphatic rings. The lowest BCUT2D eigenvalue weighted by Gasteiger charge is -2.15. The molecule has 20 heteroatoms. The van der Waals surface area contributed by atoms with E-state index in [1.807, 2.05) is 0 Å². The Morgan fingerprint density at radius 2 is 0.901 bits per heavy atom. The van der Waals surface area contributed by atoms with E-state index in [9.17, 15) is 21.6 Å². The molecule has 3 N–H and O–H groups in total. The van der Waals surface area contributed by atoms with Gasteiger partial charge < -0.3 is 38.5 Å². The first-order valence-corrected chi connectivity index (χ1v) is 24.7. The van der Waals surface area contributed by atoms with E-state index in [0.717, 1.165) is 10.8 Å². The summed E-state index contributed by atoms with van der Waals surface area (Å²) in [7, 11) is -0.00996. The Balaban J connectivity index is 0.000000209. The minimum atomic E-state index is -3.86. The molecular formula is C51H48ClN5O12S2. The van der Waals surface area contributed by atoms with Gasteiger partial charge in [0.2, 0.25) is 5.91 Å². The number of aromatic nitrogens is 2. The topological polar surface area (TPSA) is 212 Å². The molecule has 17 nitrogen and oxygen atoms in total. The van der Waals surface area contributed by atoms with Crippen LogP contribution in [0, 0.1) is 13.8 Å². The van der Waals surface area contributed by atoms with Gasteiger partial charge in [0.1, 0.15) is 28.7 Å². The zero-order valence-electron chi connectivity index (χ0n) is 39.6. The zero-order chi connectivity index (χ0) is 51.0. The van der Waals surface area contributed by atoms with Gasteiger partial charge in [0.05, 0.1) is 61.4 Å². The number of nitrogens with one attached hydrogen (secondary N) is 3. The summed E-state index contributed by atoms with van der Waals surface area (Å²) in [6.07, 6.45) is 3.26. The van der Waals surface area contributed by atoms with Crippen molar-refractivity contribution in [2.75, 3.05) is 50.3 Å². The Morgan fingerprint density at radius 1 is 0.493 bits per heavy atom. The van der Waals surface area contributed by atoms with E-state index in [0.29, 0.717) is 91.0 Å². The summed E-state index contributed by atoms with van der Waals surface area (Å²) < 4.78 is 95.2. The molecule has 0 fully saturated rings. The third-order valence-electron chi connectivity index (χ3n) is 10.6. The predicted octanol–water partition coefficient (Wildman–Crippen LogP) is 10.9. The molecule has 0 unspecified atom stereocenters. The number of pyridine rings is 2. The van der Waals surface area contributed by atoms with Gasteiger partial charge in [-0.1, -0.05) is 11.6 Å². The lowest BCUT2D eigenvalue weighted by Crippen LogP contribution is -2.15. The Hall–Kier alpha value is -8.00. The van der Waals surface area contributed by atoms with E-state index in [1.54, 1.807) is 140 Å². The smallest absolute Gasteiger partial charge is 0.261 e. The number of ether oxygens (including phenoxy) is 7. The van der Waals surface area contributed by atoms with Crippen LogP contribution in [0.3, 0.4) is 0 Å². The number of anilines is 3. The largest absolute Gasteiger partial charge is 0.495 e. The maximum absolute atomic E-state index is 13.0.